The molecule has 5 aromatic rings. The number of halogens is 2. The number of hydrogen-bond acceptors (Lipinski definition) is 6. The van der Waals surface area contributed by atoms with Gasteiger partial charge < -0.3 is 19.1 Å². The van der Waals surface area contributed by atoms with Gasteiger partial charge in [0, 0.05) is 50.8 Å². The zero-order valence-electron chi connectivity index (χ0n) is 29.8. The van der Waals surface area contributed by atoms with Gasteiger partial charge in [0.2, 0.25) is 11.8 Å². The molecule has 7 nitrogen and oxygen atoms in total. The van der Waals surface area contributed by atoms with E-state index in [0.29, 0.717) is 60.0 Å². The van der Waals surface area contributed by atoms with Gasteiger partial charge in [-0.25, -0.2) is 9.37 Å². The first kappa shape index (κ1) is 36.6. The highest BCUT2D eigenvalue weighted by atomic mass is 35.5. The summed E-state index contributed by atoms with van der Waals surface area (Å²) < 4.78 is 30.7. The SMILES string of the molecule is CC(=Cc1cc(C)c(Oc2ccc(OCc3ccc(C)cc3)cn2)c(Cl)c1)C(=O)N1CCN(Cc2ccc(CCOc3ccc(F)cc3)cc2)CC1. The molecule has 1 aliphatic heterocycles. The van der Waals surface area contributed by atoms with Crippen molar-refractivity contribution in [2.24, 2.45) is 0 Å². The van der Waals surface area contributed by atoms with Gasteiger partial charge in [0.05, 0.1) is 17.8 Å². The van der Waals surface area contributed by atoms with Crippen LogP contribution in [0.5, 0.6) is 23.1 Å². The number of aromatic nitrogens is 1. The third-order valence-electron chi connectivity index (χ3n) is 8.98. The highest BCUT2D eigenvalue weighted by molar-refractivity contribution is 6.32. The van der Waals surface area contributed by atoms with Crippen LogP contribution in [-0.4, -0.2) is 53.5 Å². The third-order valence-corrected chi connectivity index (χ3v) is 9.26. The van der Waals surface area contributed by atoms with Crippen molar-refractivity contribution in [3.05, 3.63) is 153 Å². The van der Waals surface area contributed by atoms with E-state index < -0.39 is 0 Å². The molecule has 1 saturated heterocycles. The average Bonchev–Trinajstić information content (AvgIpc) is 3.15. The highest BCUT2D eigenvalue weighted by Crippen LogP contribution is 2.34. The smallest absolute Gasteiger partial charge is 0.249 e. The predicted octanol–water partition coefficient (Wildman–Crippen LogP) is 9.23. The second-order valence-electron chi connectivity index (χ2n) is 13.1. The number of ether oxygens (including phenoxy) is 3. The van der Waals surface area contributed by atoms with Crippen molar-refractivity contribution in [3.8, 4) is 23.1 Å². The number of carbonyl (C=O) groups excluding carboxylic acids is 1. The van der Waals surface area contributed by atoms with E-state index in [9.17, 15) is 9.18 Å². The number of amides is 1. The van der Waals surface area contributed by atoms with Gasteiger partial charge in [-0.15, -0.1) is 0 Å². The Kier molecular flexibility index (Phi) is 12.2. The van der Waals surface area contributed by atoms with Crippen LogP contribution in [0.25, 0.3) is 6.08 Å². The summed E-state index contributed by atoms with van der Waals surface area (Å²) in [6, 6.07) is 30.2. The van der Waals surface area contributed by atoms with Crippen molar-refractivity contribution in [1.82, 2.24) is 14.8 Å². The average molecular weight is 720 g/mol. The molecule has 0 unspecified atom stereocenters. The molecular weight excluding hydrogens is 677 g/mol. The summed E-state index contributed by atoms with van der Waals surface area (Å²) in [4.78, 5) is 22.1. The van der Waals surface area contributed by atoms with Crippen LogP contribution in [0.1, 0.15) is 40.3 Å². The molecule has 1 aliphatic rings. The lowest BCUT2D eigenvalue weighted by Crippen LogP contribution is -2.48. The summed E-state index contributed by atoms with van der Waals surface area (Å²) in [6.07, 6.45) is 4.28. The van der Waals surface area contributed by atoms with Gasteiger partial charge >= 0.3 is 0 Å². The maximum Gasteiger partial charge on any atom is 0.249 e. The molecule has 0 saturated carbocycles. The van der Waals surface area contributed by atoms with Gasteiger partial charge in [-0.05, 0) is 97.1 Å². The zero-order valence-corrected chi connectivity index (χ0v) is 30.5. The van der Waals surface area contributed by atoms with Crippen LogP contribution in [0.2, 0.25) is 5.02 Å². The van der Waals surface area contributed by atoms with Crippen molar-refractivity contribution in [2.75, 3.05) is 32.8 Å². The lowest BCUT2D eigenvalue weighted by molar-refractivity contribution is -0.128. The molecule has 0 bridgehead atoms. The third kappa shape index (κ3) is 10.2. The number of piperazine rings is 1. The highest BCUT2D eigenvalue weighted by Gasteiger charge is 2.22. The number of pyridine rings is 1. The quantitative estimate of drug-likeness (QED) is 0.113. The van der Waals surface area contributed by atoms with Gasteiger partial charge in [-0.1, -0.05) is 65.7 Å². The van der Waals surface area contributed by atoms with Crippen LogP contribution < -0.4 is 14.2 Å². The van der Waals surface area contributed by atoms with Crippen molar-refractivity contribution in [2.45, 2.75) is 40.3 Å². The Morgan fingerprint density at radius 1 is 0.827 bits per heavy atom. The van der Waals surface area contributed by atoms with E-state index in [4.69, 9.17) is 25.8 Å². The van der Waals surface area contributed by atoms with E-state index in [-0.39, 0.29) is 11.7 Å². The Bertz CT molecular complexity index is 1950. The first-order valence-electron chi connectivity index (χ1n) is 17.5. The van der Waals surface area contributed by atoms with E-state index in [2.05, 4.69) is 53.2 Å². The van der Waals surface area contributed by atoms with Gasteiger partial charge in [-0.2, -0.15) is 0 Å². The summed E-state index contributed by atoms with van der Waals surface area (Å²) >= 11 is 6.67. The molecule has 268 valence electrons. The van der Waals surface area contributed by atoms with Crippen molar-refractivity contribution >= 4 is 23.6 Å². The molecule has 0 atom stereocenters. The normalized spacial score (nSPS) is 13.6. The monoisotopic (exact) mass is 719 g/mol. The van der Waals surface area contributed by atoms with Crippen LogP contribution in [-0.2, 0) is 24.4 Å². The van der Waals surface area contributed by atoms with Gasteiger partial charge in [-0.3, -0.25) is 9.69 Å². The predicted molar refractivity (Wildman–Crippen MR) is 204 cm³/mol. The Morgan fingerprint density at radius 2 is 1.50 bits per heavy atom. The Hall–Kier alpha value is -5.18. The molecule has 0 spiro atoms. The number of hydrogen-bond donors (Lipinski definition) is 0. The van der Waals surface area contributed by atoms with Gasteiger partial charge in [0.1, 0.15) is 23.9 Å². The van der Waals surface area contributed by atoms with Crippen molar-refractivity contribution in [1.29, 1.82) is 0 Å². The molecule has 4 aromatic carbocycles. The standard InChI is InChI=1S/C43H43ClFN3O4/c1-30-4-6-35(7-5-30)29-51-39-16-17-41(46-27-39)52-42-31(2)24-36(26-40(42)44)25-32(3)43(49)48-21-19-47(20-22-48)28-34-10-8-33(9-11-34)18-23-50-38-14-12-37(45)13-15-38/h4-17,24-27H,18-23,28-29H2,1-3H3. The first-order valence-corrected chi connectivity index (χ1v) is 17.8. The Labute approximate surface area is 310 Å². The Balaban J connectivity index is 0.955. The molecule has 0 aliphatic carbocycles. The zero-order chi connectivity index (χ0) is 36.5. The minimum atomic E-state index is -0.272. The minimum absolute atomic E-state index is 0.0230. The first-order chi connectivity index (χ1) is 25.2. The largest absolute Gasteiger partial charge is 0.493 e. The van der Waals surface area contributed by atoms with E-state index in [1.54, 1.807) is 24.4 Å². The maximum absolute atomic E-state index is 13.4. The van der Waals surface area contributed by atoms with Crippen LogP contribution >= 0.6 is 11.6 Å². The molecule has 0 radical (unpaired) electrons. The maximum atomic E-state index is 13.4. The summed E-state index contributed by atoms with van der Waals surface area (Å²) in [5, 5.41) is 0.438. The number of nitrogens with zero attached hydrogens (tertiary/aromatic N) is 3. The van der Waals surface area contributed by atoms with Crippen molar-refractivity contribution in [3.63, 3.8) is 0 Å². The summed E-state index contributed by atoms with van der Waals surface area (Å²) in [6.45, 7) is 10.6. The fraction of sp³-hybridized carbons (Fsp3) is 0.256. The molecule has 1 fully saturated rings. The molecule has 6 rings (SSSR count). The lowest BCUT2D eigenvalue weighted by Gasteiger charge is -2.35. The van der Waals surface area contributed by atoms with Crippen molar-refractivity contribution < 1.29 is 23.4 Å². The topological polar surface area (TPSA) is 64.1 Å². The molecule has 2 heterocycles. The van der Waals surface area contributed by atoms with E-state index in [1.807, 2.05) is 55.2 Å². The molecule has 52 heavy (non-hydrogen) atoms. The molecule has 1 aromatic heterocycles. The second kappa shape index (κ2) is 17.4. The number of benzene rings is 4. The van der Waals surface area contributed by atoms with E-state index in [1.165, 1.54) is 28.8 Å². The molecule has 1 amide bonds. The molecular formula is C43H43ClFN3O4. The fourth-order valence-corrected chi connectivity index (χ4v) is 6.31. The fourth-order valence-electron chi connectivity index (χ4n) is 6.00. The molecule has 9 heteroatoms. The molecule has 0 N–H and O–H groups in total. The lowest BCUT2D eigenvalue weighted by atomic mass is 10.1. The van der Waals surface area contributed by atoms with Gasteiger partial charge in [0.25, 0.3) is 0 Å². The summed E-state index contributed by atoms with van der Waals surface area (Å²) in [7, 11) is 0. The van der Waals surface area contributed by atoms with Gasteiger partial charge in [0.15, 0.2) is 5.75 Å². The number of aryl methyl sites for hydroxylation is 2. The van der Waals surface area contributed by atoms with E-state index in [0.717, 1.165) is 42.7 Å². The summed E-state index contributed by atoms with van der Waals surface area (Å²) in [5.74, 6) is 1.99. The second-order valence-corrected chi connectivity index (χ2v) is 13.5. The van der Waals surface area contributed by atoms with E-state index >= 15 is 0 Å². The van der Waals surface area contributed by atoms with Crippen LogP contribution in [0.3, 0.4) is 0 Å². The number of carbonyl (C=O) groups is 1. The van der Waals surface area contributed by atoms with Crippen LogP contribution in [0.4, 0.5) is 4.39 Å². The van der Waals surface area contributed by atoms with Crippen LogP contribution in [0.15, 0.2) is 109 Å². The summed E-state index contributed by atoms with van der Waals surface area (Å²) in [5.41, 5.74) is 7.03. The van der Waals surface area contributed by atoms with Crippen LogP contribution in [0, 0.1) is 19.7 Å². The minimum Gasteiger partial charge on any atom is -0.493 e. The number of rotatable bonds is 13. The Morgan fingerprint density at radius 3 is 2.17 bits per heavy atom.